The van der Waals surface area contributed by atoms with Crippen molar-refractivity contribution in [1.82, 2.24) is 15.1 Å². The number of carbonyl (C=O) groups excluding carboxylic acids is 1. The fourth-order valence-corrected chi connectivity index (χ4v) is 2.87. The molecule has 1 saturated heterocycles. The van der Waals surface area contributed by atoms with Crippen molar-refractivity contribution in [2.45, 2.75) is 19.3 Å². The average molecular weight is 320 g/mol. The molecule has 2 aromatic heterocycles. The third kappa shape index (κ3) is 2.67. The van der Waals surface area contributed by atoms with Crippen molar-refractivity contribution in [1.29, 1.82) is 0 Å². The Bertz CT molecular complexity index is 858. The molecule has 3 heterocycles. The summed E-state index contributed by atoms with van der Waals surface area (Å²) in [5, 5.41) is 4.02. The third-order valence-electron chi connectivity index (χ3n) is 4.20. The molecule has 1 fully saturated rings. The van der Waals surface area contributed by atoms with E-state index < -0.39 is 0 Å². The van der Waals surface area contributed by atoms with Gasteiger partial charge < -0.3 is 9.42 Å². The summed E-state index contributed by atoms with van der Waals surface area (Å²) < 4.78 is 5.39. The van der Waals surface area contributed by atoms with Crippen LogP contribution in [-0.4, -0.2) is 27.6 Å². The van der Waals surface area contributed by atoms with Gasteiger partial charge in [0.2, 0.25) is 17.6 Å². The van der Waals surface area contributed by atoms with E-state index in [4.69, 9.17) is 4.52 Å². The lowest BCUT2D eigenvalue weighted by molar-refractivity contribution is -0.117. The van der Waals surface area contributed by atoms with E-state index in [9.17, 15) is 4.79 Å². The average Bonchev–Trinajstić information content (AvgIpc) is 3.23. The molecule has 1 aromatic carbocycles. The van der Waals surface area contributed by atoms with Gasteiger partial charge in [-0.05, 0) is 31.2 Å². The molecule has 6 nitrogen and oxygen atoms in total. The predicted molar refractivity (Wildman–Crippen MR) is 88.4 cm³/mol. The fourth-order valence-electron chi connectivity index (χ4n) is 2.87. The SMILES string of the molecule is Cc1ccc(N2C[C@H](c3nc(-c4ccncc4)no3)CC2=O)cc1. The summed E-state index contributed by atoms with van der Waals surface area (Å²) in [5.74, 6) is 1.02. The van der Waals surface area contributed by atoms with Gasteiger partial charge in [0.05, 0.1) is 5.92 Å². The van der Waals surface area contributed by atoms with Crippen LogP contribution in [0.25, 0.3) is 11.4 Å². The van der Waals surface area contributed by atoms with Crippen molar-refractivity contribution in [2.75, 3.05) is 11.4 Å². The summed E-state index contributed by atoms with van der Waals surface area (Å²) in [6.45, 7) is 2.58. The first-order valence-electron chi connectivity index (χ1n) is 7.82. The number of aryl methyl sites for hydroxylation is 1. The summed E-state index contributed by atoms with van der Waals surface area (Å²) in [6.07, 6.45) is 3.75. The zero-order valence-corrected chi connectivity index (χ0v) is 13.2. The van der Waals surface area contributed by atoms with Gasteiger partial charge in [-0.2, -0.15) is 4.98 Å². The number of aromatic nitrogens is 3. The third-order valence-corrected chi connectivity index (χ3v) is 4.20. The Morgan fingerprint density at radius 2 is 1.88 bits per heavy atom. The second-order valence-corrected chi connectivity index (χ2v) is 5.93. The lowest BCUT2D eigenvalue weighted by Crippen LogP contribution is -2.24. The fraction of sp³-hybridized carbons (Fsp3) is 0.222. The van der Waals surface area contributed by atoms with Crippen LogP contribution in [0, 0.1) is 6.92 Å². The van der Waals surface area contributed by atoms with Gasteiger partial charge in [0.25, 0.3) is 0 Å². The van der Waals surface area contributed by atoms with Crippen molar-refractivity contribution in [2.24, 2.45) is 0 Å². The number of hydrogen-bond donors (Lipinski definition) is 0. The normalized spacial score (nSPS) is 17.5. The highest BCUT2D eigenvalue weighted by atomic mass is 16.5. The Morgan fingerprint density at radius 3 is 2.62 bits per heavy atom. The number of hydrogen-bond acceptors (Lipinski definition) is 5. The molecule has 1 amide bonds. The zero-order valence-electron chi connectivity index (χ0n) is 13.2. The summed E-state index contributed by atoms with van der Waals surface area (Å²) in [4.78, 5) is 22.6. The quantitative estimate of drug-likeness (QED) is 0.742. The highest BCUT2D eigenvalue weighted by Gasteiger charge is 2.35. The van der Waals surface area contributed by atoms with E-state index in [1.807, 2.05) is 43.3 Å². The summed E-state index contributed by atoms with van der Waals surface area (Å²) in [5.41, 5.74) is 2.92. The minimum atomic E-state index is -0.0816. The molecule has 3 aromatic rings. The first-order chi connectivity index (χ1) is 11.7. The molecule has 0 aliphatic carbocycles. The number of carbonyl (C=O) groups is 1. The van der Waals surface area contributed by atoms with Crippen molar-refractivity contribution in [3.63, 3.8) is 0 Å². The Morgan fingerprint density at radius 1 is 1.12 bits per heavy atom. The van der Waals surface area contributed by atoms with E-state index in [1.165, 1.54) is 5.56 Å². The van der Waals surface area contributed by atoms with Crippen LogP contribution in [0.2, 0.25) is 0 Å². The largest absolute Gasteiger partial charge is 0.339 e. The molecule has 24 heavy (non-hydrogen) atoms. The minimum Gasteiger partial charge on any atom is -0.339 e. The first kappa shape index (κ1) is 14.6. The van der Waals surface area contributed by atoms with Gasteiger partial charge in [-0.1, -0.05) is 22.9 Å². The number of rotatable bonds is 3. The summed E-state index contributed by atoms with van der Waals surface area (Å²) in [6, 6.07) is 11.6. The maximum Gasteiger partial charge on any atom is 0.232 e. The predicted octanol–water partition coefficient (Wildman–Crippen LogP) is 2.96. The van der Waals surface area contributed by atoms with E-state index in [2.05, 4.69) is 15.1 Å². The van der Waals surface area contributed by atoms with Crippen LogP contribution in [-0.2, 0) is 4.79 Å². The molecule has 4 rings (SSSR count). The molecule has 0 radical (unpaired) electrons. The molecule has 0 N–H and O–H groups in total. The number of amides is 1. The standard InChI is InChI=1S/C18H16N4O2/c1-12-2-4-15(5-3-12)22-11-14(10-16(22)23)18-20-17(21-24-18)13-6-8-19-9-7-13/h2-9,14H,10-11H2,1H3/t14-/m1/s1. The van der Waals surface area contributed by atoms with Gasteiger partial charge in [0.1, 0.15) is 0 Å². The van der Waals surface area contributed by atoms with Gasteiger partial charge >= 0.3 is 0 Å². The Kier molecular flexibility index (Phi) is 3.57. The molecule has 1 aliphatic rings. The molecule has 1 atom stereocenters. The highest BCUT2D eigenvalue weighted by molar-refractivity contribution is 5.96. The van der Waals surface area contributed by atoms with Gasteiger partial charge in [-0.25, -0.2) is 0 Å². The van der Waals surface area contributed by atoms with Gasteiger partial charge in [0, 0.05) is 36.6 Å². The van der Waals surface area contributed by atoms with Crippen LogP contribution >= 0.6 is 0 Å². The topological polar surface area (TPSA) is 72.1 Å². The van der Waals surface area contributed by atoms with Crippen molar-refractivity contribution < 1.29 is 9.32 Å². The van der Waals surface area contributed by atoms with Crippen LogP contribution < -0.4 is 4.90 Å². The molecular formula is C18H16N4O2. The smallest absolute Gasteiger partial charge is 0.232 e. The monoisotopic (exact) mass is 320 g/mol. The first-order valence-corrected chi connectivity index (χ1v) is 7.82. The van der Waals surface area contributed by atoms with E-state index in [-0.39, 0.29) is 11.8 Å². The molecule has 120 valence electrons. The number of anilines is 1. The molecule has 0 spiro atoms. The number of benzene rings is 1. The Hall–Kier alpha value is -3.02. The number of pyridine rings is 1. The molecular weight excluding hydrogens is 304 g/mol. The second kappa shape index (κ2) is 5.88. The minimum absolute atomic E-state index is 0.0764. The van der Waals surface area contributed by atoms with Crippen LogP contribution in [0.5, 0.6) is 0 Å². The second-order valence-electron chi connectivity index (χ2n) is 5.93. The maximum absolute atomic E-state index is 12.3. The zero-order chi connectivity index (χ0) is 16.5. The lowest BCUT2D eigenvalue weighted by Gasteiger charge is -2.16. The molecule has 1 aliphatic heterocycles. The lowest BCUT2D eigenvalue weighted by atomic mass is 10.1. The van der Waals surface area contributed by atoms with Gasteiger partial charge in [-0.15, -0.1) is 0 Å². The maximum atomic E-state index is 12.3. The van der Waals surface area contributed by atoms with E-state index >= 15 is 0 Å². The van der Waals surface area contributed by atoms with Crippen molar-refractivity contribution in [3.8, 4) is 11.4 Å². The van der Waals surface area contributed by atoms with Crippen molar-refractivity contribution >= 4 is 11.6 Å². The molecule has 0 bridgehead atoms. The van der Waals surface area contributed by atoms with Gasteiger partial charge in [0.15, 0.2) is 0 Å². The van der Waals surface area contributed by atoms with Gasteiger partial charge in [-0.3, -0.25) is 9.78 Å². The van der Waals surface area contributed by atoms with E-state index in [0.717, 1.165) is 11.3 Å². The van der Waals surface area contributed by atoms with Crippen LogP contribution in [0.1, 0.15) is 23.8 Å². The molecule has 0 unspecified atom stereocenters. The Balaban J connectivity index is 1.55. The molecule has 6 heteroatoms. The van der Waals surface area contributed by atoms with Crippen LogP contribution in [0.3, 0.4) is 0 Å². The summed E-state index contributed by atoms with van der Waals surface area (Å²) in [7, 11) is 0. The Labute approximate surface area is 139 Å². The van der Waals surface area contributed by atoms with E-state index in [1.54, 1.807) is 17.3 Å². The van der Waals surface area contributed by atoms with E-state index in [0.29, 0.717) is 24.7 Å². The highest BCUT2D eigenvalue weighted by Crippen LogP contribution is 2.31. The van der Waals surface area contributed by atoms with Crippen LogP contribution in [0.4, 0.5) is 5.69 Å². The molecule has 0 saturated carbocycles. The number of nitrogens with zero attached hydrogens (tertiary/aromatic N) is 4. The van der Waals surface area contributed by atoms with Crippen LogP contribution in [0.15, 0.2) is 53.3 Å². The van der Waals surface area contributed by atoms with Crippen molar-refractivity contribution in [3.05, 3.63) is 60.2 Å². The summed E-state index contributed by atoms with van der Waals surface area (Å²) >= 11 is 0.